The molecular formula is C13H14FN5O2. The number of nitrogens with zero attached hydrogens (tertiary/aromatic N) is 3. The second-order valence-corrected chi connectivity index (χ2v) is 4.20. The molecule has 0 bridgehead atoms. The molecule has 21 heavy (non-hydrogen) atoms. The molecule has 7 nitrogen and oxygen atoms in total. The Bertz CT molecular complexity index is 650. The van der Waals surface area contributed by atoms with Crippen molar-refractivity contribution in [3.8, 4) is 0 Å². The van der Waals surface area contributed by atoms with E-state index in [1.807, 2.05) is 6.92 Å². The van der Waals surface area contributed by atoms with E-state index in [0.717, 1.165) is 6.20 Å². The molecule has 2 rings (SSSR count). The number of nitro groups is 1. The Morgan fingerprint density at radius 2 is 2.19 bits per heavy atom. The first-order valence-corrected chi connectivity index (χ1v) is 6.33. The maximum absolute atomic E-state index is 13.1. The van der Waals surface area contributed by atoms with Crippen molar-refractivity contribution in [2.24, 2.45) is 0 Å². The largest absolute Gasteiger partial charge is 0.360 e. The van der Waals surface area contributed by atoms with Gasteiger partial charge in [0.05, 0.1) is 4.92 Å². The number of nitrogens with one attached hydrogen (secondary N) is 2. The Morgan fingerprint density at radius 3 is 2.86 bits per heavy atom. The second kappa shape index (κ2) is 6.60. The quantitative estimate of drug-likeness (QED) is 0.627. The van der Waals surface area contributed by atoms with Gasteiger partial charge in [-0.3, -0.25) is 10.1 Å². The number of hydrogen-bond acceptors (Lipinski definition) is 6. The summed E-state index contributed by atoms with van der Waals surface area (Å²) in [6.45, 7) is 2.69. The standard InChI is InChI=1S/C13H14FN5O2/c1-2-15-13-17-8-11(19(20)21)12(18-13)16-7-9-4-3-5-10(14)6-9/h3-6,8H,2,7H2,1H3,(H2,15,16,17,18). The minimum atomic E-state index is -0.566. The molecule has 0 saturated carbocycles. The van der Waals surface area contributed by atoms with Gasteiger partial charge < -0.3 is 10.6 Å². The summed E-state index contributed by atoms with van der Waals surface area (Å²) in [5.74, 6) is 0.0277. The van der Waals surface area contributed by atoms with Gasteiger partial charge in [0.15, 0.2) is 0 Å². The van der Waals surface area contributed by atoms with Gasteiger partial charge in [-0.15, -0.1) is 0 Å². The Kier molecular flexibility index (Phi) is 4.60. The van der Waals surface area contributed by atoms with Crippen molar-refractivity contribution in [2.45, 2.75) is 13.5 Å². The maximum Gasteiger partial charge on any atom is 0.329 e. The Labute approximate surface area is 120 Å². The predicted molar refractivity (Wildman–Crippen MR) is 76.6 cm³/mol. The molecule has 1 heterocycles. The van der Waals surface area contributed by atoms with E-state index >= 15 is 0 Å². The molecule has 0 radical (unpaired) electrons. The van der Waals surface area contributed by atoms with Crippen LogP contribution in [0.2, 0.25) is 0 Å². The molecule has 0 unspecified atom stereocenters. The summed E-state index contributed by atoms with van der Waals surface area (Å²) in [7, 11) is 0. The van der Waals surface area contributed by atoms with Gasteiger partial charge in [-0.05, 0) is 24.6 Å². The normalized spacial score (nSPS) is 10.2. The summed E-state index contributed by atoms with van der Waals surface area (Å²) in [6.07, 6.45) is 1.14. The highest BCUT2D eigenvalue weighted by atomic mass is 19.1. The molecule has 0 aliphatic carbocycles. The Balaban J connectivity index is 2.20. The summed E-state index contributed by atoms with van der Waals surface area (Å²) in [5.41, 5.74) is 0.431. The summed E-state index contributed by atoms with van der Waals surface area (Å²) in [6, 6.07) is 5.98. The third-order valence-corrected chi connectivity index (χ3v) is 2.65. The van der Waals surface area contributed by atoms with E-state index in [9.17, 15) is 14.5 Å². The molecule has 0 aliphatic heterocycles. The number of aromatic nitrogens is 2. The highest BCUT2D eigenvalue weighted by molar-refractivity contribution is 5.57. The Hall–Kier alpha value is -2.77. The number of hydrogen-bond donors (Lipinski definition) is 2. The fourth-order valence-corrected chi connectivity index (χ4v) is 1.72. The molecule has 0 saturated heterocycles. The van der Waals surface area contributed by atoms with Crippen molar-refractivity contribution in [1.82, 2.24) is 9.97 Å². The van der Waals surface area contributed by atoms with Gasteiger partial charge in [-0.1, -0.05) is 12.1 Å². The first-order chi connectivity index (χ1) is 10.1. The van der Waals surface area contributed by atoms with Crippen LogP contribution in [0.15, 0.2) is 30.5 Å². The molecule has 0 spiro atoms. The maximum atomic E-state index is 13.1. The minimum Gasteiger partial charge on any atom is -0.360 e. The van der Waals surface area contributed by atoms with Gasteiger partial charge in [-0.2, -0.15) is 4.98 Å². The average molecular weight is 291 g/mol. The lowest BCUT2D eigenvalue weighted by Crippen LogP contribution is -2.09. The molecule has 0 atom stereocenters. The van der Waals surface area contributed by atoms with Crippen LogP contribution in [0.25, 0.3) is 0 Å². The van der Waals surface area contributed by atoms with Crippen LogP contribution in [-0.4, -0.2) is 21.4 Å². The fourth-order valence-electron chi connectivity index (χ4n) is 1.72. The molecule has 1 aromatic heterocycles. The van der Waals surface area contributed by atoms with Crippen LogP contribution in [0, 0.1) is 15.9 Å². The molecule has 0 aliphatic rings. The molecule has 8 heteroatoms. The van der Waals surface area contributed by atoms with Crippen molar-refractivity contribution >= 4 is 17.5 Å². The second-order valence-electron chi connectivity index (χ2n) is 4.20. The molecule has 1 aromatic carbocycles. The van der Waals surface area contributed by atoms with E-state index in [4.69, 9.17) is 0 Å². The monoisotopic (exact) mass is 291 g/mol. The summed E-state index contributed by atoms with van der Waals surface area (Å²) >= 11 is 0. The van der Waals surface area contributed by atoms with Gasteiger partial charge in [0.2, 0.25) is 11.8 Å². The average Bonchev–Trinajstić information content (AvgIpc) is 2.45. The first kappa shape index (κ1) is 14.6. The van der Waals surface area contributed by atoms with Crippen molar-refractivity contribution in [2.75, 3.05) is 17.2 Å². The number of halogens is 1. The molecular weight excluding hydrogens is 277 g/mol. The highest BCUT2D eigenvalue weighted by Crippen LogP contribution is 2.22. The summed E-state index contributed by atoms with van der Waals surface area (Å²) < 4.78 is 13.1. The summed E-state index contributed by atoms with van der Waals surface area (Å²) in [4.78, 5) is 18.3. The number of benzene rings is 1. The van der Waals surface area contributed by atoms with Crippen molar-refractivity contribution in [1.29, 1.82) is 0 Å². The van der Waals surface area contributed by atoms with E-state index < -0.39 is 4.92 Å². The van der Waals surface area contributed by atoms with Gasteiger partial charge in [0, 0.05) is 13.1 Å². The summed E-state index contributed by atoms with van der Waals surface area (Å²) in [5, 5.41) is 16.7. The third-order valence-electron chi connectivity index (χ3n) is 2.65. The first-order valence-electron chi connectivity index (χ1n) is 6.33. The van der Waals surface area contributed by atoms with Gasteiger partial charge in [0.1, 0.15) is 12.0 Å². The van der Waals surface area contributed by atoms with Crippen LogP contribution in [0.4, 0.5) is 21.8 Å². The van der Waals surface area contributed by atoms with E-state index in [-0.39, 0.29) is 23.9 Å². The topological polar surface area (TPSA) is 93.0 Å². The van der Waals surface area contributed by atoms with E-state index in [1.54, 1.807) is 12.1 Å². The zero-order chi connectivity index (χ0) is 15.2. The zero-order valence-electron chi connectivity index (χ0n) is 11.3. The predicted octanol–water partition coefficient (Wildman–Crippen LogP) is 2.57. The van der Waals surface area contributed by atoms with E-state index in [0.29, 0.717) is 18.1 Å². The molecule has 0 amide bonds. The molecule has 0 fully saturated rings. The van der Waals surface area contributed by atoms with Crippen molar-refractivity contribution in [3.63, 3.8) is 0 Å². The van der Waals surface area contributed by atoms with E-state index in [2.05, 4.69) is 20.6 Å². The van der Waals surface area contributed by atoms with Crippen LogP contribution >= 0.6 is 0 Å². The Morgan fingerprint density at radius 1 is 1.38 bits per heavy atom. The van der Waals surface area contributed by atoms with Crippen molar-refractivity contribution in [3.05, 3.63) is 52.0 Å². The van der Waals surface area contributed by atoms with Crippen LogP contribution < -0.4 is 10.6 Å². The van der Waals surface area contributed by atoms with Crippen LogP contribution in [0.5, 0.6) is 0 Å². The van der Waals surface area contributed by atoms with Crippen LogP contribution in [-0.2, 0) is 6.54 Å². The van der Waals surface area contributed by atoms with Crippen molar-refractivity contribution < 1.29 is 9.31 Å². The highest BCUT2D eigenvalue weighted by Gasteiger charge is 2.16. The third kappa shape index (κ3) is 3.85. The lowest BCUT2D eigenvalue weighted by molar-refractivity contribution is -0.384. The number of anilines is 2. The van der Waals surface area contributed by atoms with E-state index in [1.165, 1.54) is 12.1 Å². The van der Waals surface area contributed by atoms with Crippen LogP contribution in [0.3, 0.4) is 0 Å². The lowest BCUT2D eigenvalue weighted by Gasteiger charge is -2.08. The van der Waals surface area contributed by atoms with Gasteiger partial charge >= 0.3 is 5.69 Å². The minimum absolute atomic E-state index is 0.0928. The molecule has 2 aromatic rings. The number of rotatable bonds is 6. The van der Waals surface area contributed by atoms with Crippen LogP contribution in [0.1, 0.15) is 12.5 Å². The fraction of sp³-hybridized carbons (Fsp3) is 0.231. The van der Waals surface area contributed by atoms with Gasteiger partial charge in [0.25, 0.3) is 0 Å². The smallest absolute Gasteiger partial charge is 0.329 e. The SMILES string of the molecule is CCNc1ncc([N+](=O)[O-])c(NCc2cccc(F)c2)n1. The lowest BCUT2D eigenvalue weighted by atomic mass is 10.2. The molecule has 110 valence electrons. The molecule has 2 N–H and O–H groups in total. The van der Waals surface area contributed by atoms with Gasteiger partial charge in [-0.25, -0.2) is 9.37 Å². The zero-order valence-corrected chi connectivity index (χ0v) is 11.3.